The number of H-pyrrole nitrogens is 1. The summed E-state index contributed by atoms with van der Waals surface area (Å²) >= 11 is 0. The van der Waals surface area contributed by atoms with Crippen LogP contribution in [0, 0.1) is 0 Å². The summed E-state index contributed by atoms with van der Waals surface area (Å²) in [5, 5.41) is 6.90. The van der Waals surface area contributed by atoms with Gasteiger partial charge in [0.1, 0.15) is 0 Å². The minimum Gasteiger partial charge on any atom is -0.323 e. The normalized spacial score (nSPS) is 12.7. The largest absolute Gasteiger partial charge is 0.323 e. The molecule has 1 atom stereocenters. The summed E-state index contributed by atoms with van der Waals surface area (Å²) in [6, 6.07) is 3.84. The van der Waals surface area contributed by atoms with Gasteiger partial charge in [0.2, 0.25) is 0 Å². The molecular weight excluding hydrogens is 176 g/mol. The third-order valence-electron chi connectivity index (χ3n) is 2.12. The Morgan fingerprint density at radius 2 is 2.07 bits per heavy atom. The standard InChI is InChI=1S/C10H12N4/c1-7(11)10-9(6-13-14-10)8-2-4-12-5-3-8/h2-7H,11H2,1H3,(H,13,14)/t7-/m0/s1. The summed E-state index contributed by atoms with van der Waals surface area (Å²) < 4.78 is 0. The van der Waals surface area contributed by atoms with Crippen LogP contribution in [0.1, 0.15) is 18.7 Å². The van der Waals surface area contributed by atoms with Crippen LogP contribution in [-0.2, 0) is 0 Å². The van der Waals surface area contributed by atoms with Gasteiger partial charge in [-0.1, -0.05) is 0 Å². The Labute approximate surface area is 82.2 Å². The minimum absolute atomic E-state index is 0.0411. The number of aromatic nitrogens is 3. The predicted octanol–water partition coefficient (Wildman–Crippen LogP) is 1.49. The third kappa shape index (κ3) is 1.52. The topological polar surface area (TPSA) is 67.6 Å². The molecule has 0 unspecified atom stereocenters. The van der Waals surface area contributed by atoms with E-state index in [1.807, 2.05) is 19.1 Å². The lowest BCUT2D eigenvalue weighted by Gasteiger charge is -2.05. The van der Waals surface area contributed by atoms with Crippen LogP contribution in [0.2, 0.25) is 0 Å². The van der Waals surface area contributed by atoms with Crippen LogP contribution in [-0.4, -0.2) is 15.2 Å². The first-order valence-corrected chi connectivity index (χ1v) is 4.48. The first kappa shape index (κ1) is 8.90. The SMILES string of the molecule is C[C@H](N)c1[nH]ncc1-c1ccncc1. The Morgan fingerprint density at radius 1 is 1.36 bits per heavy atom. The monoisotopic (exact) mass is 188 g/mol. The zero-order valence-electron chi connectivity index (χ0n) is 7.94. The molecule has 14 heavy (non-hydrogen) atoms. The van der Waals surface area contributed by atoms with Crippen LogP contribution in [0.25, 0.3) is 11.1 Å². The second-order valence-corrected chi connectivity index (χ2v) is 3.22. The molecule has 0 aromatic carbocycles. The van der Waals surface area contributed by atoms with E-state index < -0.39 is 0 Å². The van der Waals surface area contributed by atoms with Crippen LogP contribution >= 0.6 is 0 Å². The molecular formula is C10H12N4. The highest BCUT2D eigenvalue weighted by Crippen LogP contribution is 2.24. The summed E-state index contributed by atoms with van der Waals surface area (Å²) in [4.78, 5) is 3.97. The van der Waals surface area contributed by atoms with E-state index >= 15 is 0 Å². The van der Waals surface area contributed by atoms with E-state index in [4.69, 9.17) is 5.73 Å². The molecule has 0 aliphatic rings. The molecule has 2 aromatic heterocycles. The molecule has 0 saturated carbocycles. The maximum atomic E-state index is 5.81. The lowest BCUT2D eigenvalue weighted by Crippen LogP contribution is -2.06. The summed E-state index contributed by atoms with van der Waals surface area (Å²) in [7, 11) is 0. The highest BCUT2D eigenvalue weighted by molar-refractivity contribution is 5.64. The van der Waals surface area contributed by atoms with E-state index in [1.54, 1.807) is 18.6 Å². The van der Waals surface area contributed by atoms with Gasteiger partial charge in [-0.3, -0.25) is 10.1 Å². The lowest BCUT2D eigenvalue weighted by atomic mass is 10.1. The summed E-state index contributed by atoms with van der Waals surface area (Å²) in [6.07, 6.45) is 5.30. The number of rotatable bonds is 2. The van der Waals surface area contributed by atoms with Gasteiger partial charge in [0, 0.05) is 24.0 Å². The van der Waals surface area contributed by atoms with Crippen molar-refractivity contribution in [3.8, 4) is 11.1 Å². The smallest absolute Gasteiger partial charge is 0.0594 e. The molecule has 0 bridgehead atoms. The van der Waals surface area contributed by atoms with Crippen molar-refractivity contribution in [2.24, 2.45) is 5.73 Å². The van der Waals surface area contributed by atoms with Crippen molar-refractivity contribution in [2.75, 3.05) is 0 Å². The molecule has 2 rings (SSSR count). The second-order valence-electron chi connectivity index (χ2n) is 3.22. The van der Waals surface area contributed by atoms with Crippen molar-refractivity contribution in [3.63, 3.8) is 0 Å². The van der Waals surface area contributed by atoms with Gasteiger partial charge in [0.05, 0.1) is 11.9 Å². The Kier molecular flexibility index (Phi) is 2.28. The van der Waals surface area contributed by atoms with Crippen LogP contribution in [0.3, 0.4) is 0 Å². The van der Waals surface area contributed by atoms with Gasteiger partial charge in [-0.25, -0.2) is 0 Å². The Bertz CT molecular complexity index is 405. The fourth-order valence-electron chi connectivity index (χ4n) is 1.40. The van der Waals surface area contributed by atoms with Crippen molar-refractivity contribution >= 4 is 0 Å². The first-order valence-electron chi connectivity index (χ1n) is 4.48. The molecule has 0 spiro atoms. The number of pyridine rings is 1. The summed E-state index contributed by atoms with van der Waals surface area (Å²) in [5.41, 5.74) is 8.89. The lowest BCUT2D eigenvalue weighted by molar-refractivity contribution is 0.774. The number of nitrogens with one attached hydrogen (secondary N) is 1. The Morgan fingerprint density at radius 3 is 2.71 bits per heavy atom. The number of nitrogens with two attached hydrogens (primary N) is 1. The average molecular weight is 188 g/mol. The molecule has 2 heterocycles. The molecule has 0 fully saturated rings. The van der Waals surface area contributed by atoms with Crippen LogP contribution < -0.4 is 5.73 Å². The second kappa shape index (κ2) is 3.59. The molecule has 4 nitrogen and oxygen atoms in total. The summed E-state index contributed by atoms with van der Waals surface area (Å²) in [6.45, 7) is 1.93. The minimum atomic E-state index is -0.0411. The molecule has 0 amide bonds. The van der Waals surface area contributed by atoms with E-state index in [0.29, 0.717) is 0 Å². The van der Waals surface area contributed by atoms with Crippen LogP contribution in [0.4, 0.5) is 0 Å². The molecule has 0 aliphatic heterocycles. The van der Waals surface area contributed by atoms with Crippen molar-refractivity contribution in [2.45, 2.75) is 13.0 Å². The predicted molar refractivity (Wildman–Crippen MR) is 54.4 cm³/mol. The fraction of sp³-hybridized carbons (Fsp3) is 0.200. The van der Waals surface area contributed by atoms with E-state index in [0.717, 1.165) is 16.8 Å². The average Bonchev–Trinajstić information content (AvgIpc) is 2.67. The highest BCUT2D eigenvalue weighted by atomic mass is 15.1. The molecule has 3 N–H and O–H groups in total. The van der Waals surface area contributed by atoms with Gasteiger partial charge in [-0.2, -0.15) is 5.10 Å². The van der Waals surface area contributed by atoms with Crippen molar-refractivity contribution in [1.82, 2.24) is 15.2 Å². The van der Waals surface area contributed by atoms with Gasteiger partial charge in [0.15, 0.2) is 0 Å². The third-order valence-corrected chi connectivity index (χ3v) is 2.12. The fourth-order valence-corrected chi connectivity index (χ4v) is 1.40. The molecule has 0 radical (unpaired) electrons. The van der Waals surface area contributed by atoms with E-state index in [2.05, 4.69) is 15.2 Å². The molecule has 72 valence electrons. The Hall–Kier alpha value is -1.68. The number of hydrogen-bond donors (Lipinski definition) is 2. The van der Waals surface area contributed by atoms with Gasteiger partial charge in [-0.15, -0.1) is 0 Å². The zero-order valence-corrected chi connectivity index (χ0v) is 7.94. The number of aromatic amines is 1. The Balaban J connectivity index is 2.47. The highest BCUT2D eigenvalue weighted by Gasteiger charge is 2.10. The van der Waals surface area contributed by atoms with Crippen LogP contribution in [0.15, 0.2) is 30.7 Å². The number of hydrogen-bond acceptors (Lipinski definition) is 3. The molecule has 0 aliphatic carbocycles. The molecule has 4 heteroatoms. The van der Waals surface area contributed by atoms with Gasteiger partial charge < -0.3 is 5.73 Å². The van der Waals surface area contributed by atoms with E-state index in [-0.39, 0.29) is 6.04 Å². The van der Waals surface area contributed by atoms with Crippen LogP contribution in [0.5, 0.6) is 0 Å². The van der Waals surface area contributed by atoms with Crippen molar-refractivity contribution in [1.29, 1.82) is 0 Å². The summed E-state index contributed by atoms with van der Waals surface area (Å²) in [5.74, 6) is 0. The first-order chi connectivity index (χ1) is 6.79. The van der Waals surface area contributed by atoms with E-state index in [9.17, 15) is 0 Å². The van der Waals surface area contributed by atoms with Gasteiger partial charge in [-0.05, 0) is 24.6 Å². The number of nitrogens with zero attached hydrogens (tertiary/aromatic N) is 2. The maximum absolute atomic E-state index is 5.81. The zero-order chi connectivity index (χ0) is 9.97. The van der Waals surface area contributed by atoms with Gasteiger partial charge in [0.25, 0.3) is 0 Å². The quantitative estimate of drug-likeness (QED) is 0.750. The molecule has 2 aromatic rings. The van der Waals surface area contributed by atoms with Crippen molar-refractivity contribution in [3.05, 3.63) is 36.4 Å². The van der Waals surface area contributed by atoms with E-state index in [1.165, 1.54) is 0 Å². The molecule has 0 saturated heterocycles. The maximum Gasteiger partial charge on any atom is 0.0594 e. The van der Waals surface area contributed by atoms with Crippen molar-refractivity contribution < 1.29 is 0 Å². The van der Waals surface area contributed by atoms with Gasteiger partial charge >= 0.3 is 0 Å².